The van der Waals surface area contributed by atoms with Crippen molar-refractivity contribution in [3.05, 3.63) is 10.1 Å². The molecule has 0 unspecified atom stereocenters. The predicted molar refractivity (Wildman–Crippen MR) is 19.9 cm³/mol. The largest absolute Gasteiger partial charge is 2.00 e. The number of carbonyl (C=O) groups excluding carboxylic acids is 1. The van der Waals surface area contributed by atoms with E-state index >= 15 is 0 Å². The van der Waals surface area contributed by atoms with Crippen LogP contribution in [0.3, 0.4) is 0 Å². The molecule has 0 aliphatic heterocycles. The van der Waals surface area contributed by atoms with Crippen molar-refractivity contribution in [2.75, 3.05) is 0 Å². The molecule has 0 aromatic heterocycles. The number of carboxylic acid groups (broad SMARTS) is 2. The summed E-state index contributed by atoms with van der Waals surface area (Å²) >= 11 is 0. The summed E-state index contributed by atoms with van der Waals surface area (Å²) in [5.74, 6) is 0. The maximum Gasteiger partial charge on any atom is 2.00 e. The first-order chi connectivity index (χ1) is 3.46. The Bertz CT molecular complexity index is 71.1. The monoisotopic (exact) mass is 147 g/mol. The predicted octanol–water partition coefficient (Wildman–Crippen LogP) is -3.18. The van der Waals surface area contributed by atoms with Gasteiger partial charge in [0.15, 0.2) is 0 Å². The van der Waals surface area contributed by atoms with Crippen LogP contribution in [-0.2, 0) is 0 Å². The zero-order valence-electron chi connectivity index (χ0n) is 4.14. The molecule has 0 saturated heterocycles. The van der Waals surface area contributed by atoms with Crippen LogP contribution < -0.4 is 10.2 Å². The third-order valence-electron chi connectivity index (χ3n) is 0. The molecule has 0 heterocycles. The third kappa shape index (κ3) is 340. The van der Waals surface area contributed by atoms with E-state index < -0.39 is 11.2 Å². The minimum atomic E-state index is -2.33. The van der Waals surface area contributed by atoms with Crippen LogP contribution in [0.25, 0.3) is 0 Å². The Morgan fingerprint density at radius 2 is 1.44 bits per heavy atom. The number of carbonyl (C=O) groups is 1. The molecule has 0 spiro atoms. The molecule has 0 aliphatic carbocycles. The van der Waals surface area contributed by atoms with Gasteiger partial charge in [-0.25, -0.2) is 0 Å². The molecule has 0 aliphatic rings. The van der Waals surface area contributed by atoms with Crippen molar-refractivity contribution in [1.82, 2.24) is 0 Å². The molecule has 0 amide bonds. The minimum absolute atomic E-state index is 0. The van der Waals surface area contributed by atoms with E-state index in [0.29, 0.717) is 0 Å². The van der Waals surface area contributed by atoms with Gasteiger partial charge in [0, 0.05) is 0 Å². The van der Waals surface area contributed by atoms with Crippen LogP contribution in [0.4, 0.5) is 4.79 Å². The first-order valence-corrected chi connectivity index (χ1v) is 1.18. The second-order valence-corrected chi connectivity index (χ2v) is 0.488. The van der Waals surface area contributed by atoms with E-state index in [2.05, 4.69) is 0 Å². The zero-order valence-corrected chi connectivity index (χ0v) is 5.56. The Morgan fingerprint density at radius 3 is 1.44 bits per heavy atom. The fourth-order valence-electron chi connectivity index (χ4n) is 0. The van der Waals surface area contributed by atoms with Crippen LogP contribution >= 0.6 is 0 Å². The Labute approximate surface area is 65.2 Å². The molecule has 0 saturated carbocycles. The van der Waals surface area contributed by atoms with Gasteiger partial charge in [-0.1, -0.05) is 0 Å². The van der Waals surface area contributed by atoms with Gasteiger partial charge >= 0.3 is 23.1 Å². The summed E-state index contributed by atoms with van der Waals surface area (Å²) in [5.41, 5.74) is 0. The molecule has 0 aromatic rings. The molecule has 0 fully saturated rings. The molecule has 1 N–H and O–H groups in total. The van der Waals surface area contributed by atoms with Crippen LogP contribution in [0.2, 0.25) is 0 Å². The zero-order chi connectivity index (χ0) is 7.15. The number of hydrogen-bond acceptors (Lipinski definition) is 5. The Hall–Kier alpha value is -0.764. The maximum atomic E-state index is 8.36. The topological polar surface area (TPSA) is 127 Å². The van der Waals surface area contributed by atoms with Crippen LogP contribution in [0.15, 0.2) is 0 Å². The number of nitrogens with zero attached hydrogens (tertiary/aromatic N) is 1. The molecule has 0 rings (SSSR count). The molecule has 9 heavy (non-hydrogen) atoms. The van der Waals surface area contributed by atoms with Crippen molar-refractivity contribution in [2.45, 2.75) is 0 Å². The second-order valence-electron chi connectivity index (χ2n) is 0.488. The molecule has 0 aromatic carbocycles. The van der Waals surface area contributed by atoms with Crippen molar-refractivity contribution >= 4 is 29.2 Å². The van der Waals surface area contributed by atoms with Gasteiger partial charge in [-0.15, -0.1) is 10.1 Å². The fourth-order valence-corrected chi connectivity index (χ4v) is 0. The quantitative estimate of drug-likeness (QED) is 0.219. The molecule has 0 radical (unpaired) electrons. The van der Waals surface area contributed by atoms with Gasteiger partial charge in [0.2, 0.25) is 0 Å². The van der Waals surface area contributed by atoms with E-state index in [0.717, 1.165) is 0 Å². The Morgan fingerprint density at radius 1 is 1.44 bits per heavy atom. The van der Waals surface area contributed by atoms with Gasteiger partial charge in [0.25, 0.3) is 5.09 Å². The first kappa shape index (κ1) is 15.7. The van der Waals surface area contributed by atoms with Gasteiger partial charge < -0.3 is 20.2 Å². The number of rotatable bonds is 0. The summed E-state index contributed by atoms with van der Waals surface area (Å²) in [6.45, 7) is 0. The van der Waals surface area contributed by atoms with Gasteiger partial charge in [-0.3, -0.25) is 0 Å². The van der Waals surface area contributed by atoms with Gasteiger partial charge in [-0.2, -0.15) is 0 Å². The molecule has 7 nitrogen and oxygen atoms in total. The average molecular weight is 147 g/mol. The van der Waals surface area contributed by atoms with Crippen LogP contribution in [0, 0.1) is 10.1 Å². The maximum absolute atomic E-state index is 8.36. The van der Waals surface area contributed by atoms with Crippen molar-refractivity contribution in [2.24, 2.45) is 0 Å². The first-order valence-electron chi connectivity index (χ1n) is 1.18. The Kier molecular flexibility index (Phi) is 17.9. The SMILES string of the molecule is O=C([O-])[O-].O=[N+]([O-])O.[Mg+2]. The normalized spacial score (nSPS) is 5.33. The van der Waals surface area contributed by atoms with Crippen molar-refractivity contribution < 1.29 is 25.3 Å². The summed E-state index contributed by atoms with van der Waals surface area (Å²) < 4.78 is 0. The van der Waals surface area contributed by atoms with Crippen LogP contribution in [0.5, 0.6) is 0 Å². The van der Waals surface area contributed by atoms with Gasteiger partial charge in [0.05, 0.1) is 0 Å². The summed E-state index contributed by atoms with van der Waals surface area (Å²) in [4.78, 5) is 16.7. The summed E-state index contributed by atoms with van der Waals surface area (Å²) in [6, 6.07) is 0. The molecular formula is CHMgNO6. The van der Waals surface area contributed by atoms with Crippen LogP contribution in [0.1, 0.15) is 0 Å². The number of hydrogen-bond donors (Lipinski definition) is 1. The second kappa shape index (κ2) is 10.3. The smallest absolute Gasteiger partial charge is 0.652 e. The molecule has 8 heteroatoms. The summed E-state index contributed by atoms with van der Waals surface area (Å²) in [5, 5.41) is 30.3. The standard InChI is InChI=1S/CH2O3.Mg.HNO3/c2-1(3)4;;2-1(3)4/h(H2,2,3,4);;(H,2,3,4)/q;+2;/p-2. The van der Waals surface area contributed by atoms with Crippen molar-refractivity contribution in [3.63, 3.8) is 0 Å². The van der Waals surface area contributed by atoms with E-state index in [1.165, 1.54) is 0 Å². The minimum Gasteiger partial charge on any atom is -0.652 e. The third-order valence-corrected chi connectivity index (χ3v) is 0. The van der Waals surface area contributed by atoms with E-state index in [1.54, 1.807) is 0 Å². The summed E-state index contributed by atoms with van der Waals surface area (Å²) in [7, 11) is 0. The van der Waals surface area contributed by atoms with Crippen molar-refractivity contribution in [1.29, 1.82) is 0 Å². The van der Waals surface area contributed by atoms with Crippen LogP contribution in [-0.4, -0.2) is 39.5 Å². The summed E-state index contributed by atoms with van der Waals surface area (Å²) in [6.07, 6.45) is -2.33. The van der Waals surface area contributed by atoms with E-state index in [1.807, 2.05) is 0 Å². The molecule has 0 bridgehead atoms. The molecular weight excluding hydrogens is 146 g/mol. The van der Waals surface area contributed by atoms with Gasteiger partial charge in [-0.05, 0) is 6.16 Å². The van der Waals surface area contributed by atoms with E-state index in [4.69, 9.17) is 30.3 Å². The Balaban J connectivity index is -0.0000000720. The van der Waals surface area contributed by atoms with E-state index in [9.17, 15) is 0 Å². The average Bonchev–Trinajstić information content (AvgIpc) is 1.25. The van der Waals surface area contributed by atoms with Gasteiger partial charge in [0.1, 0.15) is 0 Å². The van der Waals surface area contributed by atoms with E-state index in [-0.39, 0.29) is 23.1 Å². The van der Waals surface area contributed by atoms with Crippen molar-refractivity contribution in [3.8, 4) is 0 Å². The fraction of sp³-hybridized carbons (Fsp3) is 0. The molecule has 48 valence electrons. The molecule has 0 atom stereocenters.